The molecule has 0 saturated carbocycles. The maximum Gasteiger partial charge on any atom is 0.336 e. The summed E-state index contributed by atoms with van der Waals surface area (Å²) in [4.78, 5) is 27.7. The first-order valence-electron chi connectivity index (χ1n) is 13.0. The molecule has 0 atom stereocenters. The van der Waals surface area contributed by atoms with E-state index in [0.717, 1.165) is 16.9 Å². The van der Waals surface area contributed by atoms with Crippen LogP contribution in [0.3, 0.4) is 0 Å². The van der Waals surface area contributed by atoms with Gasteiger partial charge in [0.15, 0.2) is 5.82 Å². The lowest BCUT2D eigenvalue weighted by Gasteiger charge is -2.09. The standard InChI is InChI=1S/C31H27N5O6/c1-40-27-15-3-21(4-16-27)19-20-42-31-33-29(22-7-17-28(41-2)18-8-22)35(34-31)25-13-9-24(10-14-25)32-30(37)23-5-11-26(12-6-23)36(38)39/h3-18H,19-20H2,1-2H3,(H,32,37). The van der Waals surface area contributed by atoms with Crippen LogP contribution in [0, 0.1) is 10.1 Å². The van der Waals surface area contributed by atoms with E-state index in [2.05, 4.69) is 15.4 Å². The van der Waals surface area contributed by atoms with Crippen molar-refractivity contribution in [2.75, 3.05) is 26.1 Å². The summed E-state index contributed by atoms with van der Waals surface area (Å²) in [6, 6.07) is 28.0. The van der Waals surface area contributed by atoms with Gasteiger partial charge in [-0.25, -0.2) is 4.68 Å². The van der Waals surface area contributed by atoms with Gasteiger partial charge in [0, 0.05) is 35.4 Å². The Morgan fingerprint density at radius 2 is 1.48 bits per heavy atom. The van der Waals surface area contributed by atoms with Gasteiger partial charge in [-0.2, -0.15) is 4.98 Å². The predicted octanol–water partition coefficient (Wildman–Crippen LogP) is 5.73. The first-order valence-corrected chi connectivity index (χ1v) is 13.0. The van der Waals surface area contributed by atoms with Crippen LogP contribution in [0.5, 0.6) is 17.5 Å². The summed E-state index contributed by atoms with van der Waals surface area (Å²) in [6.45, 7) is 0.381. The Balaban J connectivity index is 1.34. The van der Waals surface area contributed by atoms with Crippen LogP contribution >= 0.6 is 0 Å². The minimum Gasteiger partial charge on any atom is -0.497 e. The molecule has 42 heavy (non-hydrogen) atoms. The Morgan fingerprint density at radius 1 is 0.857 bits per heavy atom. The van der Waals surface area contributed by atoms with Gasteiger partial charge in [-0.15, -0.1) is 5.10 Å². The van der Waals surface area contributed by atoms with E-state index in [1.165, 1.54) is 24.3 Å². The van der Waals surface area contributed by atoms with Crippen LogP contribution in [0.25, 0.3) is 17.1 Å². The summed E-state index contributed by atoms with van der Waals surface area (Å²) in [7, 11) is 3.24. The molecule has 4 aromatic carbocycles. The molecule has 0 spiro atoms. The zero-order chi connectivity index (χ0) is 29.5. The summed E-state index contributed by atoms with van der Waals surface area (Å²) in [6.07, 6.45) is 0.666. The van der Waals surface area contributed by atoms with Gasteiger partial charge in [-0.3, -0.25) is 14.9 Å². The lowest BCUT2D eigenvalue weighted by Crippen LogP contribution is -2.12. The van der Waals surface area contributed by atoms with Crippen molar-refractivity contribution in [2.24, 2.45) is 0 Å². The number of anilines is 1. The number of hydrogen-bond acceptors (Lipinski definition) is 8. The maximum atomic E-state index is 12.6. The smallest absolute Gasteiger partial charge is 0.336 e. The second kappa shape index (κ2) is 12.6. The minimum absolute atomic E-state index is 0.0829. The predicted molar refractivity (Wildman–Crippen MR) is 157 cm³/mol. The Hall–Kier alpha value is -5.71. The van der Waals surface area contributed by atoms with E-state index in [-0.39, 0.29) is 17.6 Å². The lowest BCUT2D eigenvalue weighted by molar-refractivity contribution is -0.384. The van der Waals surface area contributed by atoms with E-state index >= 15 is 0 Å². The van der Waals surface area contributed by atoms with Crippen molar-refractivity contribution in [1.29, 1.82) is 0 Å². The highest BCUT2D eigenvalue weighted by Gasteiger charge is 2.16. The Kier molecular flexibility index (Phi) is 8.38. The molecule has 5 aromatic rings. The average molecular weight is 566 g/mol. The number of ether oxygens (including phenoxy) is 3. The van der Waals surface area contributed by atoms with Crippen LogP contribution in [0.2, 0.25) is 0 Å². The highest BCUT2D eigenvalue weighted by Crippen LogP contribution is 2.26. The van der Waals surface area contributed by atoms with Crippen molar-refractivity contribution >= 4 is 17.3 Å². The third kappa shape index (κ3) is 6.53. The van der Waals surface area contributed by atoms with Crippen molar-refractivity contribution in [3.05, 3.63) is 118 Å². The molecule has 0 bridgehead atoms. The Bertz CT molecular complexity index is 1670. The van der Waals surface area contributed by atoms with Gasteiger partial charge in [-0.05, 0) is 78.4 Å². The molecular formula is C31H27N5O6. The second-order valence-electron chi connectivity index (χ2n) is 9.11. The molecule has 0 fully saturated rings. The number of nitrogens with one attached hydrogen (secondary N) is 1. The largest absolute Gasteiger partial charge is 0.497 e. The van der Waals surface area contributed by atoms with Gasteiger partial charge in [0.25, 0.3) is 11.6 Å². The van der Waals surface area contributed by atoms with Gasteiger partial charge >= 0.3 is 6.01 Å². The molecule has 11 nitrogen and oxygen atoms in total. The molecule has 1 N–H and O–H groups in total. The summed E-state index contributed by atoms with van der Waals surface area (Å²) < 4.78 is 18.1. The lowest BCUT2D eigenvalue weighted by atomic mass is 10.1. The molecule has 11 heteroatoms. The van der Waals surface area contributed by atoms with Crippen LogP contribution in [0.1, 0.15) is 15.9 Å². The molecule has 1 amide bonds. The Labute approximate surface area is 241 Å². The van der Waals surface area contributed by atoms with Crippen molar-refractivity contribution in [2.45, 2.75) is 6.42 Å². The molecule has 0 unspecified atom stereocenters. The van der Waals surface area contributed by atoms with Gasteiger partial charge in [-0.1, -0.05) is 12.1 Å². The van der Waals surface area contributed by atoms with Crippen molar-refractivity contribution in [1.82, 2.24) is 14.8 Å². The first-order chi connectivity index (χ1) is 20.4. The number of carbonyl (C=O) groups excluding carboxylic acids is 1. The first kappa shape index (κ1) is 27.8. The number of non-ortho nitro benzene ring substituents is 1. The number of benzene rings is 4. The van der Waals surface area contributed by atoms with Crippen LogP contribution in [0.15, 0.2) is 97.1 Å². The van der Waals surface area contributed by atoms with E-state index in [1.54, 1.807) is 43.2 Å². The number of nitrogens with zero attached hydrogens (tertiary/aromatic N) is 4. The molecule has 212 valence electrons. The fraction of sp³-hybridized carbons (Fsp3) is 0.129. The highest BCUT2D eigenvalue weighted by molar-refractivity contribution is 6.04. The highest BCUT2D eigenvalue weighted by atomic mass is 16.6. The van der Waals surface area contributed by atoms with Crippen LogP contribution in [-0.4, -0.2) is 46.4 Å². The van der Waals surface area contributed by atoms with E-state index in [1.807, 2.05) is 48.5 Å². The molecule has 1 aromatic heterocycles. The molecule has 0 radical (unpaired) electrons. The monoisotopic (exact) mass is 565 g/mol. The van der Waals surface area contributed by atoms with E-state index in [4.69, 9.17) is 14.2 Å². The molecule has 0 aliphatic rings. The van der Waals surface area contributed by atoms with Crippen molar-refractivity contribution in [3.8, 4) is 34.6 Å². The zero-order valence-electron chi connectivity index (χ0n) is 22.9. The third-order valence-corrected chi connectivity index (χ3v) is 6.43. The fourth-order valence-electron chi connectivity index (χ4n) is 4.14. The summed E-state index contributed by atoms with van der Waals surface area (Å²) in [5.74, 6) is 1.69. The number of methoxy groups -OCH3 is 2. The number of amides is 1. The van der Waals surface area contributed by atoms with Crippen molar-refractivity contribution in [3.63, 3.8) is 0 Å². The number of aromatic nitrogens is 3. The Morgan fingerprint density at radius 3 is 2.07 bits per heavy atom. The summed E-state index contributed by atoms with van der Waals surface area (Å²) in [5.41, 5.74) is 3.37. The second-order valence-corrected chi connectivity index (χ2v) is 9.11. The number of carbonyl (C=O) groups is 1. The SMILES string of the molecule is COc1ccc(CCOc2nc(-c3ccc(OC)cc3)n(-c3ccc(NC(=O)c4ccc([N+](=O)[O-])cc4)cc3)n2)cc1. The topological polar surface area (TPSA) is 131 Å². The van der Waals surface area contributed by atoms with Crippen LogP contribution < -0.4 is 19.5 Å². The number of nitro groups is 1. The quantitative estimate of drug-likeness (QED) is 0.159. The van der Waals surface area contributed by atoms with Crippen molar-refractivity contribution < 1.29 is 23.9 Å². The minimum atomic E-state index is -0.512. The molecule has 0 saturated heterocycles. The van der Waals surface area contributed by atoms with Crippen LogP contribution in [-0.2, 0) is 6.42 Å². The number of nitro benzene ring substituents is 1. The van der Waals surface area contributed by atoms with E-state index in [9.17, 15) is 14.9 Å². The maximum absolute atomic E-state index is 12.6. The summed E-state index contributed by atoms with van der Waals surface area (Å²) >= 11 is 0. The molecule has 5 rings (SSSR count). The normalized spacial score (nSPS) is 10.6. The number of rotatable bonds is 11. The molecule has 0 aliphatic heterocycles. The van der Waals surface area contributed by atoms with Gasteiger partial charge in [0.2, 0.25) is 0 Å². The summed E-state index contributed by atoms with van der Waals surface area (Å²) in [5, 5.41) is 18.3. The molecule has 0 aliphatic carbocycles. The molecule has 1 heterocycles. The number of hydrogen-bond donors (Lipinski definition) is 1. The van der Waals surface area contributed by atoms with Crippen LogP contribution in [0.4, 0.5) is 11.4 Å². The average Bonchev–Trinajstić information content (AvgIpc) is 3.46. The van der Waals surface area contributed by atoms with Gasteiger partial charge in [0.05, 0.1) is 31.4 Å². The van der Waals surface area contributed by atoms with Gasteiger partial charge in [0.1, 0.15) is 11.5 Å². The van der Waals surface area contributed by atoms with E-state index in [0.29, 0.717) is 41.5 Å². The third-order valence-electron chi connectivity index (χ3n) is 6.43. The fourth-order valence-corrected chi connectivity index (χ4v) is 4.14. The van der Waals surface area contributed by atoms with E-state index < -0.39 is 4.92 Å². The molecular weight excluding hydrogens is 538 g/mol. The van der Waals surface area contributed by atoms with Gasteiger partial charge < -0.3 is 19.5 Å². The zero-order valence-corrected chi connectivity index (χ0v) is 22.9.